The Morgan fingerprint density at radius 3 is 2.33 bits per heavy atom. The SMILES string of the molecule is CP(=O)(O)C=CC(=O)Cl. The molecule has 0 bridgehead atoms. The van der Waals surface area contributed by atoms with E-state index in [0.717, 1.165) is 18.6 Å². The van der Waals surface area contributed by atoms with Crippen molar-refractivity contribution in [2.45, 2.75) is 0 Å². The third-order valence-corrected chi connectivity index (χ3v) is 1.31. The summed E-state index contributed by atoms with van der Waals surface area (Å²) in [5.74, 6) is 0.891. The Morgan fingerprint density at radius 1 is 1.78 bits per heavy atom. The summed E-state index contributed by atoms with van der Waals surface area (Å²) in [5.41, 5.74) is 0. The highest BCUT2D eigenvalue weighted by molar-refractivity contribution is 7.60. The molecule has 0 aliphatic carbocycles. The summed E-state index contributed by atoms with van der Waals surface area (Å²) in [6, 6.07) is 0. The fraction of sp³-hybridized carbons (Fsp3) is 0.250. The Bertz CT molecular complexity index is 180. The van der Waals surface area contributed by atoms with Crippen LogP contribution in [0.5, 0.6) is 0 Å². The molecule has 0 amide bonds. The van der Waals surface area contributed by atoms with Gasteiger partial charge in [-0.2, -0.15) is 0 Å². The summed E-state index contributed by atoms with van der Waals surface area (Å²) in [4.78, 5) is 18.5. The molecule has 0 heterocycles. The third kappa shape index (κ3) is 7.89. The number of allylic oxidation sites excluding steroid dienone is 1. The van der Waals surface area contributed by atoms with Crippen molar-refractivity contribution in [2.24, 2.45) is 0 Å². The van der Waals surface area contributed by atoms with Gasteiger partial charge in [0, 0.05) is 18.6 Å². The molecule has 9 heavy (non-hydrogen) atoms. The molecule has 52 valence electrons. The molecule has 5 heteroatoms. The Kier molecular flexibility index (Phi) is 3.12. The topological polar surface area (TPSA) is 54.4 Å². The van der Waals surface area contributed by atoms with E-state index >= 15 is 0 Å². The van der Waals surface area contributed by atoms with Crippen LogP contribution in [0.3, 0.4) is 0 Å². The first-order valence-electron chi connectivity index (χ1n) is 2.10. The van der Waals surface area contributed by atoms with E-state index in [0.29, 0.717) is 0 Å². The predicted octanol–water partition coefficient (Wildman–Crippen LogP) is 1.17. The van der Waals surface area contributed by atoms with Crippen molar-refractivity contribution in [3.05, 3.63) is 11.9 Å². The van der Waals surface area contributed by atoms with Crippen LogP contribution in [0.25, 0.3) is 0 Å². The zero-order valence-electron chi connectivity index (χ0n) is 4.74. The lowest BCUT2D eigenvalue weighted by Crippen LogP contribution is -1.75. The highest BCUT2D eigenvalue weighted by atomic mass is 35.5. The van der Waals surface area contributed by atoms with Crippen LogP contribution in [0.4, 0.5) is 0 Å². The van der Waals surface area contributed by atoms with Gasteiger partial charge in [0.25, 0.3) is 0 Å². The van der Waals surface area contributed by atoms with Gasteiger partial charge in [0.1, 0.15) is 0 Å². The zero-order valence-corrected chi connectivity index (χ0v) is 6.39. The normalized spacial score (nSPS) is 17.7. The second kappa shape index (κ2) is 3.16. The van der Waals surface area contributed by atoms with E-state index in [2.05, 4.69) is 0 Å². The van der Waals surface area contributed by atoms with Gasteiger partial charge in [0.15, 0.2) is 0 Å². The van der Waals surface area contributed by atoms with Gasteiger partial charge in [-0.25, -0.2) is 0 Å². The lowest BCUT2D eigenvalue weighted by Gasteiger charge is -1.91. The maximum atomic E-state index is 10.4. The maximum Gasteiger partial charge on any atom is 0.245 e. The average Bonchev–Trinajstić information content (AvgIpc) is 1.59. The van der Waals surface area contributed by atoms with Gasteiger partial charge in [-0.05, 0) is 11.6 Å². The largest absolute Gasteiger partial charge is 0.342 e. The summed E-state index contributed by atoms with van der Waals surface area (Å²) in [6.45, 7) is 1.11. The monoisotopic (exact) mass is 168 g/mol. The summed E-state index contributed by atoms with van der Waals surface area (Å²) in [5, 5.41) is -0.744. The summed E-state index contributed by atoms with van der Waals surface area (Å²) in [6.07, 6.45) is 0.863. The van der Waals surface area contributed by atoms with Gasteiger partial charge < -0.3 is 4.89 Å². The molecule has 1 unspecified atom stereocenters. The van der Waals surface area contributed by atoms with Crippen molar-refractivity contribution >= 4 is 24.2 Å². The van der Waals surface area contributed by atoms with Crippen LogP contribution < -0.4 is 0 Å². The fourth-order valence-corrected chi connectivity index (χ4v) is 0.760. The van der Waals surface area contributed by atoms with E-state index in [9.17, 15) is 9.36 Å². The van der Waals surface area contributed by atoms with Crippen LogP contribution in [0.2, 0.25) is 0 Å². The van der Waals surface area contributed by atoms with Crippen LogP contribution in [0.1, 0.15) is 0 Å². The number of hydrogen-bond acceptors (Lipinski definition) is 2. The molecular formula is C4H6ClO3P. The molecule has 0 fully saturated rings. The Labute approximate surface area is 57.8 Å². The maximum absolute atomic E-state index is 10.4. The van der Waals surface area contributed by atoms with Crippen molar-refractivity contribution in [1.82, 2.24) is 0 Å². The average molecular weight is 169 g/mol. The minimum Gasteiger partial charge on any atom is -0.342 e. The molecule has 3 nitrogen and oxygen atoms in total. The molecule has 0 saturated carbocycles. The molecule has 0 rings (SSSR count). The first-order valence-corrected chi connectivity index (χ1v) is 4.66. The molecular weight excluding hydrogens is 162 g/mol. The predicted molar refractivity (Wildman–Crippen MR) is 35.7 cm³/mol. The molecule has 1 N–H and O–H groups in total. The van der Waals surface area contributed by atoms with Crippen molar-refractivity contribution < 1.29 is 14.3 Å². The van der Waals surface area contributed by atoms with Gasteiger partial charge in [-0.3, -0.25) is 9.36 Å². The van der Waals surface area contributed by atoms with E-state index in [-0.39, 0.29) is 0 Å². The van der Waals surface area contributed by atoms with Crippen molar-refractivity contribution in [3.8, 4) is 0 Å². The molecule has 0 aliphatic heterocycles. The molecule has 0 radical (unpaired) electrons. The quantitative estimate of drug-likeness (QED) is 0.383. The molecule has 0 saturated heterocycles. The first-order chi connectivity index (χ1) is 3.92. The highest BCUT2D eigenvalue weighted by Crippen LogP contribution is 2.36. The van der Waals surface area contributed by atoms with Crippen LogP contribution in [-0.4, -0.2) is 16.8 Å². The van der Waals surface area contributed by atoms with E-state index in [1.807, 2.05) is 0 Å². The van der Waals surface area contributed by atoms with Crippen molar-refractivity contribution in [2.75, 3.05) is 6.66 Å². The zero-order chi connectivity index (χ0) is 7.49. The first kappa shape index (κ1) is 8.89. The second-order valence-electron chi connectivity index (χ2n) is 1.56. The number of rotatable bonds is 2. The van der Waals surface area contributed by atoms with Crippen LogP contribution in [0.15, 0.2) is 11.9 Å². The van der Waals surface area contributed by atoms with Gasteiger partial charge in [-0.15, -0.1) is 0 Å². The van der Waals surface area contributed by atoms with Gasteiger partial charge in [0.2, 0.25) is 12.6 Å². The lowest BCUT2D eigenvalue weighted by atomic mass is 10.7. The van der Waals surface area contributed by atoms with Crippen LogP contribution >= 0.6 is 19.0 Å². The molecule has 0 aromatic rings. The number of carbonyl (C=O) groups is 1. The van der Waals surface area contributed by atoms with E-state index < -0.39 is 12.6 Å². The second-order valence-corrected chi connectivity index (χ2v) is 4.12. The Balaban J connectivity index is 4.02. The minimum atomic E-state index is -3.21. The summed E-state index contributed by atoms with van der Waals surface area (Å²) in [7, 11) is -3.21. The number of carbonyl (C=O) groups excluding carboxylic acids is 1. The molecule has 1 atom stereocenters. The number of halogens is 1. The smallest absolute Gasteiger partial charge is 0.245 e. The molecule has 0 aliphatic rings. The third-order valence-electron chi connectivity index (χ3n) is 0.482. The van der Waals surface area contributed by atoms with Crippen molar-refractivity contribution in [1.29, 1.82) is 0 Å². The Hall–Kier alpha value is -0.110. The lowest BCUT2D eigenvalue weighted by molar-refractivity contribution is -0.107. The Morgan fingerprint density at radius 2 is 2.22 bits per heavy atom. The van der Waals surface area contributed by atoms with Crippen molar-refractivity contribution in [3.63, 3.8) is 0 Å². The van der Waals surface area contributed by atoms with E-state index in [1.54, 1.807) is 0 Å². The van der Waals surface area contributed by atoms with Crippen LogP contribution in [-0.2, 0) is 9.36 Å². The van der Waals surface area contributed by atoms with E-state index in [4.69, 9.17) is 16.5 Å². The summed E-state index contributed by atoms with van der Waals surface area (Å²) >= 11 is 4.83. The fourth-order valence-electron chi connectivity index (χ4n) is 0.197. The molecule has 0 aromatic carbocycles. The summed E-state index contributed by atoms with van der Waals surface area (Å²) < 4.78 is 10.4. The molecule has 0 aromatic heterocycles. The van der Waals surface area contributed by atoms with Gasteiger partial charge in [0.05, 0.1) is 0 Å². The van der Waals surface area contributed by atoms with Gasteiger partial charge >= 0.3 is 0 Å². The standard InChI is InChI=1S/C4H6ClO3P/c1-9(7,8)3-2-4(5)6/h2-3H,1H3,(H,7,8). The number of hydrogen-bond donors (Lipinski definition) is 1. The molecule has 0 spiro atoms. The van der Waals surface area contributed by atoms with Gasteiger partial charge in [-0.1, -0.05) is 0 Å². The van der Waals surface area contributed by atoms with E-state index in [1.165, 1.54) is 0 Å². The minimum absolute atomic E-state index is 0.744. The highest BCUT2D eigenvalue weighted by Gasteiger charge is 2.02. The van der Waals surface area contributed by atoms with Crippen LogP contribution in [0, 0.1) is 0 Å².